The first-order valence-electron chi connectivity index (χ1n) is 11.0. The molecule has 1 unspecified atom stereocenters. The number of rotatable bonds is 8. The van der Waals surface area contributed by atoms with Gasteiger partial charge in [-0.1, -0.05) is 12.1 Å². The molecule has 1 aromatic rings. The molecule has 2 heterocycles. The molecule has 2 aliphatic heterocycles. The molecule has 0 radical (unpaired) electrons. The summed E-state index contributed by atoms with van der Waals surface area (Å²) in [6, 6.07) is 4.69. The monoisotopic (exact) mass is 518 g/mol. The van der Waals surface area contributed by atoms with E-state index < -0.39 is 23.6 Å². The van der Waals surface area contributed by atoms with Crippen LogP contribution in [0.3, 0.4) is 0 Å². The van der Waals surface area contributed by atoms with E-state index in [0.717, 1.165) is 36.6 Å². The van der Waals surface area contributed by atoms with Crippen molar-refractivity contribution >= 4 is 24.8 Å². The average Bonchev–Trinajstić information content (AvgIpc) is 2.83. The summed E-state index contributed by atoms with van der Waals surface area (Å²) < 4.78 is 55.0. The molecule has 1 atom stereocenters. The molecule has 1 saturated heterocycles. The second-order valence-corrected chi connectivity index (χ2v) is 8.19. The summed E-state index contributed by atoms with van der Waals surface area (Å²) in [4.78, 5) is 28.1. The number of carbonyl (C=O) groups is 2. The van der Waals surface area contributed by atoms with Crippen LogP contribution in [0, 0.1) is 0 Å². The highest BCUT2D eigenvalue weighted by atomic mass is 35.5. The number of hydrogen-bond acceptors (Lipinski definition) is 7. The SMILES string of the molecule is COC(=O)C1=C(CCN2CCOCC2)N(C)C(C)=C(COC=O)C1c1ccc(C(F)(F)F)cc1.Cl. The Labute approximate surface area is 208 Å². The number of methoxy groups -OCH3 is 1. The number of esters is 1. The Bertz CT molecular complexity index is 957. The molecule has 0 amide bonds. The topological polar surface area (TPSA) is 68.3 Å². The molecular formula is C24H30ClF3N2O5. The van der Waals surface area contributed by atoms with Gasteiger partial charge in [-0.15, -0.1) is 12.4 Å². The Balaban J connectivity index is 0.00000432. The lowest BCUT2D eigenvalue weighted by Gasteiger charge is -2.38. The van der Waals surface area contributed by atoms with Gasteiger partial charge in [0.1, 0.15) is 6.61 Å². The van der Waals surface area contributed by atoms with Crippen molar-refractivity contribution in [3.63, 3.8) is 0 Å². The van der Waals surface area contributed by atoms with Crippen molar-refractivity contribution in [2.24, 2.45) is 0 Å². The van der Waals surface area contributed by atoms with E-state index in [1.807, 2.05) is 18.9 Å². The van der Waals surface area contributed by atoms with E-state index in [4.69, 9.17) is 14.2 Å². The highest BCUT2D eigenvalue weighted by molar-refractivity contribution is 5.92. The van der Waals surface area contributed by atoms with Crippen LogP contribution in [0.15, 0.2) is 46.8 Å². The number of ether oxygens (including phenoxy) is 3. The van der Waals surface area contributed by atoms with E-state index in [0.29, 0.717) is 49.4 Å². The first-order valence-corrected chi connectivity index (χ1v) is 11.0. The van der Waals surface area contributed by atoms with Crippen molar-refractivity contribution in [3.05, 3.63) is 57.9 Å². The van der Waals surface area contributed by atoms with Crippen LogP contribution in [0.25, 0.3) is 0 Å². The first-order chi connectivity index (χ1) is 16.2. The minimum absolute atomic E-state index is 0. The standard InChI is InChI=1S/C24H29F3N2O5.ClH/c1-16-19(14-34-15-30)21(17-4-6-18(7-5-17)24(25,26)27)22(23(31)32-3)20(28(16)2)8-9-29-10-12-33-13-11-29;/h4-7,15,21H,8-14H2,1-3H3;1H. The van der Waals surface area contributed by atoms with E-state index in [-0.39, 0.29) is 19.0 Å². The normalized spacial score (nSPS) is 19.4. The van der Waals surface area contributed by atoms with Crippen LogP contribution in [0.1, 0.15) is 30.4 Å². The van der Waals surface area contributed by atoms with Crippen molar-refractivity contribution in [1.82, 2.24) is 9.80 Å². The van der Waals surface area contributed by atoms with E-state index in [1.165, 1.54) is 19.2 Å². The van der Waals surface area contributed by atoms with Crippen LogP contribution >= 0.6 is 12.4 Å². The second kappa shape index (κ2) is 12.4. The van der Waals surface area contributed by atoms with Gasteiger partial charge < -0.3 is 19.1 Å². The number of allylic oxidation sites excluding steroid dienone is 1. The van der Waals surface area contributed by atoms with E-state index >= 15 is 0 Å². The second-order valence-electron chi connectivity index (χ2n) is 8.19. The van der Waals surface area contributed by atoms with Crippen LogP contribution in [0.2, 0.25) is 0 Å². The molecule has 7 nitrogen and oxygen atoms in total. The third-order valence-electron chi connectivity index (χ3n) is 6.37. The fourth-order valence-electron chi connectivity index (χ4n) is 4.43. The highest BCUT2D eigenvalue weighted by Crippen LogP contribution is 2.43. The summed E-state index contributed by atoms with van der Waals surface area (Å²) in [7, 11) is 3.09. The van der Waals surface area contributed by atoms with Gasteiger partial charge in [-0.2, -0.15) is 13.2 Å². The summed E-state index contributed by atoms with van der Waals surface area (Å²) in [5.74, 6) is -1.30. The van der Waals surface area contributed by atoms with Crippen LogP contribution in [0.4, 0.5) is 13.2 Å². The molecule has 0 spiro atoms. The van der Waals surface area contributed by atoms with Gasteiger partial charge in [0.25, 0.3) is 6.47 Å². The van der Waals surface area contributed by atoms with E-state index in [1.54, 1.807) is 0 Å². The molecule has 0 aliphatic carbocycles. The molecule has 2 aliphatic rings. The van der Waals surface area contributed by atoms with Gasteiger partial charge >= 0.3 is 12.1 Å². The number of benzene rings is 1. The molecule has 194 valence electrons. The third-order valence-corrected chi connectivity index (χ3v) is 6.37. The molecule has 0 bridgehead atoms. The molecule has 3 rings (SSSR count). The van der Waals surface area contributed by atoms with Gasteiger partial charge in [0.15, 0.2) is 0 Å². The van der Waals surface area contributed by atoms with Crippen LogP contribution < -0.4 is 0 Å². The molecule has 0 aromatic heterocycles. The van der Waals surface area contributed by atoms with Crippen LogP contribution in [0.5, 0.6) is 0 Å². The lowest BCUT2D eigenvalue weighted by Crippen LogP contribution is -2.39. The molecule has 1 fully saturated rings. The zero-order valence-corrected chi connectivity index (χ0v) is 20.7. The lowest BCUT2D eigenvalue weighted by atomic mass is 9.79. The summed E-state index contributed by atoms with van der Waals surface area (Å²) in [6.07, 6.45) is -3.96. The number of hydrogen-bond donors (Lipinski definition) is 0. The van der Waals surface area contributed by atoms with Crippen LogP contribution in [-0.2, 0) is 30.0 Å². The maximum Gasteiger partial charge on any atom is 0.416 e. The summed E-state index contributed by atoms with van der Waals surface area (Å²) in [6.45, 7) is 5.54. The van der Waals surface area contributed by atoms with Crippen molar-refractivity contribution in [3.8, 4) is 0 Å². The van der Waals surface area contributed by atoms with Gasteiger partial charge in [-0.3, -0.25) is 9.69 Å². The van der Waals surface area contributed by atoms with Gasteiger partial charge in [-0.25, -0.2) is 4.79 Å². The predicted octanol–water partition coefficient (Wildman–Crippen LogP) is 3.75. The highest BCUT2D eigenvalue weighted by Gasteiger charge is 2.38. The molecule has 0 N–H and O–H groups in total. The van der Waals surface area contributed by atoms with E-state index in [9.17, 15) is 22.8 Å². The Morgan fingerprint density at radius 3 is 2.37 bits per heavy atom. The average molecular weight is 519 g/mol. The summed E-state index contributed by atoms with van der Waals surface area (Å²) >= 11 is 0. The maximum absolute atomic E-state index is 13.1. The number of halogens is 4. The lowest BCUT2D eigenvalue weighted by molar-refractivity contribution is -0.138. The van der Waals surface area contributed by atoms with Crippen molar-refractivity contribution < 1.29 is 37.0 Å². The molecule has 35 heavy (non-hydrogen) atoms. The zero-order chi connectivity index (χ0) is 24.9. The largest absolute Gasteiger partial charge is 0.466 e. The number of carbonyl (C=O) groups excluding carboxylic acids is 2. The molecule has 1 aromatic carbocycles. The smallest absolute Gasteiger partial charge is 0.416 e. The number of morpholine rings is 1. The molecular weight excluding hydrogens is 489 g/mol. The van der Waals surface area contributed by atoms with Gasteiger partial charge in [0.2, 0.25) is 0 Å². The van der Waals surface area contributed by atoms with E-state index in [2.05, 4.69) is 4.90 Å². The van der Waals surface area contributed by atoms with Crippen molar-refractivity contribution in [2.45, 2.75) is 25.4 Å². The Kier molecular flexibility index (Phi) is 10.2. The maximum atomic E-state index is 13.1. The number of nitrogens with zero attached hydrogens (tertiary/aromatic N) is 2. The molecule has 0 saturated carbocycles. The fraction of sp³-hybridized carbons (Fsp3) is 0.500. The Morgan fingerprint density at radius 1 is 1.20 bits per heavy atom. The quantitative estimate of drug-likeness (QED) is 0.383. The van der Waals surface area contributed by atoms with Crippen molar-refractivity contribution in [2.75, 3.05) is 53.6 Å². The van der Waals surface area contributed by atoms with Crippen molar-refractivity contribution in [1.29, 1.82) is 0 Å². The van der Waals surface area contributed by atoms with Gasteiger partial charge in [0.05, 0.1) is 31.5 Å². The fourth-order valence-corrected chi connectivity index (χ4v) is 4.43. The van der Waals surface area contributed by atoms with Crippen LogP contribution in [-0.4, -0.2) is 75.9 Å². The minimum atomic E-state index is -4.48. The predicted molar refractivity (Wildman–Crippen MR) is 125 cm³/mol. The first kappa shape index (κ1) is 28.7. The molecule has 11 heteroatoms. The summed E-state index contributed by atoms with van der Waals surface area (Å²) in [5.41, 5.74) is 2.10. The third kappa shape index (κ3) is 6.56. The Morgan fingerprint density at radius 2 is 1.83 bits per heavy atom. The summed E-state index contributed by atoms with van der Waals surface area (Å²) in [5, 5.41) is 0. The van der Waals surface area contributed by atoms with Gasteiger partial charge in [-0.05, 0) is 30.2 Å². The zero-order valence-electron chi connectivity index (χ0n) is 19.9. The Hall–Kier alpha value is -2.56. The number of alkyl halides is 3. The minimum Gasteiger partial charge on any atom is -0.466 e. The van der Waals surface area contributed by atoms with Gasteiger partial charge in [0, 0.05) is 50.4 Å².